The summed E-state index contributed by atoms with van der Waals surface area (Å²) in [6.07, 6.45) is 1.38. The minimum absolute atomic E-state index is 0.119. The number of anilines is 1. The first-order chi connectivity index (χ1) is 13.3. The number of amides is 1. The van der Waals surface area contributed by atoms with Gasteiger partial charge in [-0.15, -0.1) is 0 Å². The van der Waals surface area contributed by atoms with Crippen LogP contribution in [0.3, 0.4) is 0 Å². The lowest BCUT2D eigenvalue weighted by atomic mass is 10.1. The third-order valence-corrected chi connectivity index (χ3v) is 3.99. The van der Waals surface area contributed by atoms with Gasteiger partial charge in [-0.1, -0.05) is 6.07 Å². The van der Waals surface area contributed by atoms with Crippen molar-refractivity contribution in [1.29, 1.82) is 0 Å². The third kappa shape index (κ3) is 4.38. The van der Waals surface area contributed by atoms with Crippen LogP contribution in [0, 0.1) is 0 Å². The van der Waals surface area contributed by atoms with Gasteiger partial charge in [0.15, 0.2) is 5.76 Å². The van der Waals surface area contributed by atoms with Crippen LogP contribution in [-0.4, -0.2) is 28.1 Å². The van der Waals surface area contributed by atoms with Gasteiger partial charge in [0.1, 0.15) is 17.8 Å². The van der Waals surface area contributed by atoms with E-state index in [9.17, 15) is 19.5 Å². The first-order valence-corrected chi connectivity index (χ1v) is 8.57. The third-order valence-electron chi connectivity index (χ3n) is 3.57. The number of nitrogens with one attached hydrogen (secondary N) is 1. The van der Waals surface area contributed by atoms with Gasteiger partial charge in [-0.05, 0) is 46.3 Å². The van der Waals surface area contributed by atoms with E-state index >= 15 is 0 Å². The molecule has 1 aromatic heterocycles. The molecule has 2 aromatic carbocycles. The molecule has 1 amide bonds. The van der Waals surface area contributed by atoms with E-state index in [2.05, 4.69) is 21.2 Å². The number of halogens is 1. The molecule has 0 spiro atoms. The summed E-state index contributed by atoms with van der Waals surface area (Å²) in [7, 11) is 0. The van der Waals surface area contributed by atoms with Crippen molar-refractivity contribution in [3.63, 3.8) is 0 Å². The fourth-order valence-electron chi connectivity index (χ4n) is 2.35. The number of rotatable bonds is 6. The van der Waals surface area contributed by atoms with Crippen molar-refractivity contribution < 1.29 is 33.8 Å². The molecule has 28 heavy (non-hydrogen) atoms. The van der Waals surface area contributed by atoms with E-state index in [1.807, 2.05) is 0 Å². The predicted octanol–water partition coefficient (Wildman–Crippen LogP) is 4.48. The highest BCUT2D eigenvalue weighted by atomic mass is 79.9. The van der Waals surface area contributed by atoms with Crippen LogP contribution in [-0.2, 0) is 0 Å². The Morgan fingerprint density at radius 3 is 2.29 bits per heavy atom. The predicted molar refractivity (Wildman–Crippen MR) is 101 cm³/mol. The normalized spacial score (nSPS) is 10.3. The maximum atomic E-state index is 12.1. The second-order valence-corrected chi connectivity index (χ2v) is 6.45. The van der Waals surface area contributed by atoms with Crippen LogP contribution in [0.4, 0.5) is 5.69 Å². The zero-order valence-corrected chi connectivity index (χ0v) is 15.6. The molecule has 8 nitrogen and oxygen atoms in total. The van der Waals surface area contributed by atoms with Crippen molar-refractivity contribution in [3.05, 3.63) is 76.2 Å². The van der Waals surface area contributed by atoms with Crippen LogP contribution < -0.4 is 10.1 Å². The molecule has 3 aromatic rings. The van der Waals surface area contributed by atoms with Gasteiger partial charge in [-0.2, -0.15) is 0 Å². The molecule has 1 heterocycles. The van der Waals surface area contributed by atoms with Crippen LogP contribution in [0.25, 0.3) is 0 Å². The first kappa shape index (κ1) is 19.2. The molecule has 3 rings (SSSR count). The zero-order chi connectivity index (χ0) is 20.3. The Morgan fingerprint density at radius 1 is 0.929 bits per heavy atom. The van der Waals surface area contributed by atoms with Gasteiger partial charge in [0.2, 0.25) is 0 Å². The van der Waals surface area contributed by atoms with Crippen molar-refractivity contribution in [2.75, 3.05) is 5.32 Å². The van der Waals surface area contributed by atoms with Crippen molar-refractivity contribution in [1.82, 2.24) is 0 Å². The standard InChI is InChI=1S/C19H12BrNO7/c20-10-6-16(27-9-10)17(22)21-11-2-1-3-12(7-11)28-13-4-5-14(18(23)24)15(8-13)19(25)26/h1-9H,(H,21,22)(H,23,24)(H,25,26). The molecule has 0 atom stereocenters. The summed E-state index contributed by atoms with van der Waals surface area (Å²) in [5.74, 6) is -2.61. The van der Waals surface area contributed by atoms with Crippen LogP contribution >= 0.6 is 15.9 Å². The van der Waals surface area contributed by atoms with Gasteiger partial charge >= 0.3 is 11.9 Å². The Balaban J connectivity index is 1.79. The zero-order valence-electron chi connectivity index (χ0n) is 14.0. The molecular weight excluding hydrogens is 434 g/mol. The van der Waals surface area contributed by atoms with Gasteiger partial charge in [-0.25, -0.2) is 9.59 Å². The lowest BCUT2D eigenvalue weighted by molar-refractivity contribution is 0.0651. The van der Waals surface area contributed by atoms with Crippen LogP contribution in [0.1, 0.15) is 31.3 Å². The average Bonchev–Trinajstić information content (AvgIpc) is 3.08. The van der Waals surface area contributed by atoms with Gasteiger partial charge in [-0.3, -0.25) is 4.79 Å². The summed E-state index contributed by atoms with van der Waals surface area (Å²) in [5.41, 5.74) is -0.307. The second kappa shape index (κ2) is 7.97. The van der Waals surface area contributed by atoms with E-state index in [0.29, 0.717) is 15.9 Å². The second-order valence-electron chi connectivity index (χ2n) is 5.53. The number of carboxylic acids is 2. The lowest BCUT2D eigenvalue weighted by Crippen LogP contribution is -2.10. The topological polar surface area (TPSA) is 126 Å². The van der Waals surface area contributed by atoms with Gasteiger partial charge in [0.25, 0.3) is 5.91 Å². The van der Waals surface area contributed by atoms with Crippen LogP contribution in [0.2, 0.25) is 0 Å². The molecular formula is C19H12BrNO7. The number of benzene rings is 2. The Hall–Kier alpha value is -3.59. The summed E-state index contributed by atoms with van der Waals surface area (Å²) in [5, 5.41) is 20.9. The van der Waals surface area contributed by atoms with Crippen molar-refractivity contribution in [2.24, 2.45) is 0 Å². The Morgan fingerprint density at radius 2 is 1.64 bits per heavy atom. The summed E-state index contributed by atoms with van der Waals surface area (Å²) in [6.45, 7) is 0. The largest absolute Gasteiger partial charge is 0.478 e. The maximum absolute atomic E-state index is 12.1. The number of furan rings is 1. The van der Waals surface area contributed by atoms with Gasteiger partial charge < -0.3 is 24.7 Å². The molecule has 0 unspecified atom stereocenters. The van der Waals surface area contributed by atoms with Crippen LogP contribution in [0.5, 0.6) is 11.5 Å². The Bertz CT molecular complexity index is 1070. The van der Waals surface area contributed by atoms with Gasteiger partial charge in [0.05, 0.1) is 15.6 Å². The fourth-order valence-corrected chi connectivity index (χ4v) is 2.65. The minimum Gasteiger partial charge on any atom is -0.478 e. The number of carboxylic acid groups (broad SMARTS) is 2. The minimum atomic E-state index is -1.38. The molecule has 3 N–H and O–H groups in total. The highest BCUT2D eigenvalue weighted by Crippen LogP contribution is 2.27. The SMILES string of the molecule is O=C(Nc1cccc(Oc2ccc(C(=O)O)c(C(=O)O)c2)c1)c1cc(Br)co1. The van der Waals surface area contributed by atoms with E-state index in [-0.39, 0.29) is 17.1 Å². The molecule has 0 aliphatic carbocycles. The fraction of sp³-hybridized carbons (Fsp3) is 0. The van der Waals surface area contributed by atoms with Crippen molar-refractivity contribution in [2.45, 2.75) is 0 Å². The van der Waals surface area contributed by atoms with Gasteiger partial charge in [0, 0.05) is 17.8 Å². The maximum Gasteiger partial charge on any atom is 0.336 e. The molecule has 0 aliphatic heterocycles. The molecule has 0 bridgehead atoms. The number of ether oxygens (including phenoxy) is 1. The van der Waals surface area contributed by atoms with E-state index < -0.39 is 23.4 Å². The number of aromatic carboxylic acids is 2. The monoisotopic (exact) mass is 445 g/mol. The number of carbonyl (C=O) groups excluding carboxylic acids is 1. The lowest BCUT2D eigenvalue weighted by Gasteiger charge is -2.10. The summed E-state index contributed by atoms with van der Waals surface area (Å²) in [6, 6.07) is 11.5. The smallest absolute Gasteiger partial charge is 0.336 e. The molecule has 0 fully saturated rings. The first-order valence-electron chi connectivity index (χ1n) is 7.77. The average molecular weight is 446 g/mol. The highest BCUT2D eigenvalue weighted by molar-refractivity contribution is 9.10. The molecule has 0 radical (unpaired) electrons. The van der Waals surface area contributed by atoms with E-state index in [4.69, 9.17) is 14.3 Å². The summed E-state index contributed by atoms with van der Waals surface area (Å²) in [4.78, 5) is 34.5. The van der Waals surface area contributed by atoms with Crippen LogP contribution in [0.15, 0.2) is 63.7 Å². The highest BCUT2D eigenvalue weighted by Gasteiger charge is 2.17. The number of hydrogen-bond acceptors (Lipinski definition) is 5. The molecule has 142 valence electrons. The summed E-state index contributed by atoms with van der Waals surface area (Å²) >= 11 is 3.19. The number of carbonyl (C=O) groups is 3. The molecule has 0 aliphatic rings. The van der Waals surface area contributed by atoms with Crippen molar-refractivity contribution >= 4 is 39.5 Å². The molecule has 0 saturated heterocycles. The van der Waals surface area contributed by atoms with Crippen molar-refractivity contribution in [3.8, 4) is 11.5 Å². The Labute approximate surface area is 166 Å². The number of hydrogen-bond donors (Lipinski definition) is 3. The van der Waals surface area contributed by atoms with E-state index in [1.165, 1.54) is 24.5 Å². The van der Waals surface area contributed by atoms with E-state index in [0.717, 1.165) is 12.1 Å². The quantitative estimate of drug-likeness (QED) is 0.510. The molecule has 9 heteroatoms. The summed E-state index contributed by atoms with van der Waals surface area (Å²) < 4.78 is 11.3. The Kier molecular flexibility index (Phi) is 5.46. The molecule has 0 saturated carbocycles. The van der Waals surface area contributed by atoms with E-state index in [1.54, 1.807) is 18.2 Å².